The topological polar surface area (TPSA) is 131 Å². The monoisotopic (exact) mass is 434 g/mol. The van der Waals surface area contributed by atoms with Crippen molar-refractivity contribution < 1.29 is 4.74 Å². The minimum Gasteiger partial charge on any atom is -0.473 e. The van der Waals surface area contributed by atoms with Crippen molar-refractivity contribution in [3.05, 3.63) is 79.1 Å². The van der Waals surface area contributed by atoms with E-state index in [0.29, 0.717) is 18.3 Å². The number of anilines is 1. The van der Waals surface area contributed by atoms with E-state index in [1.165, 1.54) is 6.33 Å². The molecule has 0 aliphatic rings. The molecule has 6 aromatic rings. The number of hydrogen-bond donors (Lipinski definition) is 3. The summed E-state index contributed by atoms with van der Waals surface area (Å²) in [7, 11) is 0. The Morgan fingerprint density at radius 2 is 1.76 bits per heavy atom. The van der Waals surface area contributed by atoms with Crippen LogP contribution in [0.2, 0.25) is 0 Å². The number of pyridine rings is 2. The lowest BCUT2D eigenvalue weighted by atomic mass is 10.0. The Hall–Kier alpha value is -4.79. The second-order valence-electron chi connectivity index (χ2n) is 7.59. The van der Waals surface area contributed by atoms with E-state index >= 15 is 0 Å². The van der Waals surface area contributed by atoms with Gasteiger partial charge in [-0.3, -0.25) is 5.10 Å². The molecule has 1 aromatic carbocycles. The number of benzene rings is 1. The maximum Gasteiger partial charge on any atom is 0.214 e. The van der Waals surface area contributed by atoms with Gasteiger partial charge in [-0.2, -0.15) is 5.10 Å². The van der Waals surface area contributed by atoms with Crippen LogP contribution in [-0.4, -0.2) is 35.1 Å². The summed E-state index contributed by atoms with van der Waals surface area (Å²) in [5, 5.41) is 8.93. The molecule has 9 nitrogen and oxygen atoms in total. The van der Waals surface area contributed by atoms with Crippen molar-refractivity contribution in [1.29, 1.82) is 0 Å². The molecule has 5 heterocycles. The minimum absolute atomic E-state index is 0.343. The third-order valence-corrected chi connectivity index (χ3v) is 5.48. The Morgan fingerprint density at radius 1 is 0.879 bits per heavy atom. The van der Waals surface area contributed by atoms with E-state index in [-0.39, 0.29) is 0 Å². The first-order chi connectivity index (χ1) is 16.2. The van der Waals surface area contributed by atoms with E-state index in [1.807, 2.05) is 36.4 Å². The molecule has 0 atom stereocenters. The molecule has 0 amide bonds. The lowest BCUT2D eigenvalue weighted by Crippen LogP contribution is -1.98. The van der Waals surface area contributed by atoms with E-state index in [9.17, 15) is 0 Å². The van der Waals surface area contributed by atoms with Crippen LogP contribution < -0.4 is 10.5 Å². The molecule has 0 saturated heterocycles. The molecule has 0 bridgehead atoms. The van der Waals surface area contributed by atoms with Crippen molar-refractivity contribution in [2.24, 2.45) is 0 Å². The highest BCUT2D eigenvalue weighted by molar-refractivity contribution is 5.99. The molecule has 160 valence electrons. The second-order valence-corrected chi connectivity index (χ2v) is 7.59. The van der Waals surface area contributed by atoms with Crippen molar-refractivity contribution in [3.8, 4) is 28.3 Å². The number of nitrogens with zero attached hydrogens (tertiary/aromatic N) is 5. The Kier molecular flexibility index (Phi) is 4.43. The number of hydrogen-bond acceptors (Lipinski definition) is 7. The van der Waals surface area contributed by atoms with Gasteiger partial charge in [0.25, 0.3) is 0 Å². The molecule has 4 N–H and O–H groups in total. The zero-order chi connectivity index (χ0) is 22.2. The standard InChI is InChI=1S/C24H18N8O/c25-23-19-7-15(1-2-20(19)31-32-23)17-4-6-29-24-18(17)9-21(30-24)16-3-5-28-22(8-16)33-12-14-10-26-13-27-11-14/h1-11,13H,12H2,(H,29,30)(H3,25,31,32). The summed E-state index contributed by atoms with van der Waals surface area (Å²) >= 11 is 0. The Bertz CT molecular complexity index is 1590. The predicted molar refractivity (Wildman–Crippen MR) is 125 cm³/mol. The van der Waals surface area contributed by atoms with Crippen molar-refractivity contribution in [2.75, 3.05) is 5.73 Å². The quantitative estimate of drug-likeness (QED) is 0.372. The van der Waals surface area contributed by atoms with Crippen LogP contribution in [0.3, 0.4) is 0 Å². The average molecular weight is 434 g/mol. The number of nitrogens with one attached hydrogen (secondary N) is 2. The highest BCUT2D eigenvalue weighted by atomic mass is 16.5. The molecule has 0 radical (unpaired) electrons. The zero-order valence-electron chi connectivity index (χ0n) is 17.4. The molecule has 0 aliphatic heterocycles. The van der Waals surface area contributed by atoms with Crippen molar-refractivity contribution in [2.45, 2.75) is 6.61 Å². The Morgan fingerprint density at radius 3 is 2.67 bits per heavy atom. The predicted octanol–water partition coefficient (Wildman–Crippen LogP) is 4.12. The fourth-order valence-electron chi connectivity index (χ4n) is 3.85. The molecule has 0 spiro atoms. The number of aromatic nitrogens is 7. The van der Waals surface area contributed by atoms with Gasteiger partial charge >= 0.3 is 0 Å². The molecule has 0 aliphatic carbocycles. The van der Waals surface area contributed by atoms with E-state index < -0.39 is 0 Å². The first-order valence-corrected chi connectivity index (χ1v) is 10.3. The van der Waals surface area contributed by atoms with E-state index in [1.54, 1.807) is 24.8 Å². The molecular weight excluding hydrogens is 416 g/mol. The number of ether oxygens (including phenoxy) is 1. The number of rotatable bonds is 5. The minimum atomic E-state index is 0.343. The second kappa shape index (κ2) is 7.72. The van der Waals surface area contributed by atoms with Crippen LogP contribution in [0.25, 0.3) is 44.3 Å². The fraction of sp³-hybridized carbons (Fsp3) is 0.0417. The van der Waals surface area contributed by atoms with Gasteiger partial charge in [0, 0.05) is 58.4 Å². The molecule has 33 heavy (non-hydrogen) atoms. The van der Waals surface area contributed by atoms with E-state index in [4.69, 9.17) is 10.5 Å². The summed E-state index contributed by atoms with van der Waals surface area (Å²) in [6.07, 6.45) is 8.45. The zero-order valence-corrected chi connectivity index (χ0v) is 17.4. The van der Waals surface area contributed by atoms with Crippen LogP contribution in [0.4, 0.5) is 5.82 Å². The highest BCUT2D eigenvalue weighted by Crippen LogP contribution is 2.33. The summed E-state index contributed by atoms with van der Waals surface area (Å²) in [4.78, 5) is 20.3. The van der Waals surface area contributed by atoms with Crippen molar-refractivity contribution in [1.82, 2.24) is 35.1 Å². The van der Waals surface area contributed by atoms with Crippen molar-refractivity contribution >= 4 is 27.8 Å². The van der Waals surface area contributed by atoms with Crippen LogP contribution in [0.5, 0.6) is 5.88 Å². The first kappa shape index (κ1) is 18.9. The fourth-order valence-corrected chi connectivity index (χ4v) is 3.85. The van der Waals surface area contributed by atoms with E-state index in [0.717, 1.165) is 49.9 Å². The average Bonchev–Trinajstić information content (AvgIpc) is 3.47. The lowest BCUT2D eigenvalue weighted by molar-refractivity contribution is 0.293. The third kappa shape index (κ3) is 3.51. The number of aromatic amines is 2. The van der Waals surface area contributed by atoms with Crippen LogP contribution in [0, 0.1) is 0 Å². The highest BCUT2D eigenvalue weighted by Gasteiger charge is 2.12. The largest absolute Gasteiger partial charge is 0.473 e. The maximum atomic E-state index is 6.01. The van der Waals surface area contributed by atoms with Crippen LogP contribution >= 0.6 is 0 Å². The summed E-state index contributed by atoms with van der Waals surface area (Å²) in [6.45, 7) is 0.343. The maximum absolute atomic E-state index is 6.01. The summed E-state index contributed by atoms with van der Waals surface area (Å²) in [6, 6.07) is 14.0. The summed E-state index contributed by atoms with van der Waals surface area (Å²) in [5.41, 5.74) is 12.5. The Labute approximate surface area is 187 Å². The van der Waals surface area contributed by atoms with Gasteiger partial charge in [0.2, 0.25) is 5.88 Å². The van der Waals surface area contributed by atoms with Gasteiger partial charge in [0.15, 0.2) is 5.82 Å². The number of nitrogen functional groups attached to an aromatic ring is 1. The summed E-state index contributed by atoms with van der Waals surface area (Å²) in [5.74, 6) is 1.00. The number of nitrogens with two attached hydrogens (primary N) is 1. The van der Waals surface area contributed by atoms with Crippen LogP contribution in [-0.2, 0) is 6.61 Å². The molecule has 6 rings (SSSR count). The molecule has 5 aromatic heterocycles. The molecular formula is C24H18N8O. The normalized spacial score (nSPS) is 11.3. The molecule has 0 unspecified atom stereocenters. The van der Waals surface area contributed by atoms with Gasteiger partial charge < -0.3 is 15.5 Å². The van der Waals surface area contributed by atoms with Gasteiger partial charge in [-0.15, -0.1) is 0 Å². The first-order valence-electron chi connectivity index (χ1n) is 10.3. The SMILES string of the molecule is Nc1n[nH]c2ccc(-c3ccnc4[nH]c(-c5ccnc(OCc6cncnc6)c5)cc34)cc12. The van der Waals surface area contributed by atoms with Gasteiger partial charge in [-0.1, -0.05) is 6.07 Å². The third-order valence-electron chi connectivity index (χ3n) is 5.48. The molecule has 0 saturated carbocycles. The number of H-pyrrole nitrogens is 2. The van der Waals surface area contributed by atoms with Gasteiger partial charge in [-0.25, -0.2) is 19.9 Å². The van der Waals surface area contributed by atoms with Gasteiger partial charge in [0.05, 0.1) is 5.52 Å². The van der Waals surface area contributed by atoms with Gasteiger partial charge in [0.1, 0.15) is 18.6 Å². The van der Waals surface area contributed by atoms with Crippen molar-refractivity contribution in [3.63, 3.8) is 0 Å². The summed E-state index contributed by atoms with van der Waals surface area (Å²) < 4.78 is 5.82. The lowest BCUT2D eigenvalue weighted by Gasteiger charge is -2.06. The molecule has 0 fully saturated rings. The van der Waals surface area contributed by atoms with E-state index in [2.05, 4.69) is 41.2 Å². The smallest absolute Gasteiger partial charge is 0.214 e. The molecule has 9 heteroatoms. The Balaban J connectivity index is 1.35. The van der Waals surface area contributed by atoms with Crippen LogP contribution in [0.1, 0.15) is 5.56 Å². The number of fused-ring (bicyclic) bond motifs is 2. The van der Waals surface area contributed by atoms with Gasteiger partial charge in [-0.05, 0) is 41.5 Å². The van der Waals surface area contributed by atoms with Crippen LogP contribution in [0.15, 0.2) is 73.6 Å².